The summed E-state index contributed by atoms with van der Waals surface area (Å²) in [5.74, 6) is 0.961. The molecule has 1 rings (SSSR count). The molecule has 0 radical (unpaired) electrons. The molecule has 0 atom stereocenters. The Labute approximate surface area is 88.8 Å². The van der Waals surface area contributed by atoms with Crippen LogP contribution in [0.25, 0.3) is 0 Å². The second-order valence-electron chi connectivity index (χ2n) is 4.82. The summed E-state index contributed by atoms with van der Waals surface area (Å²) in [5.41, 5.74) is 0. The summed E-state index contributed by atoms with van der Waals surface area (Å²) < 4.78 is 0. The molecule has 84 valence electrons. The molecule has 0 aromatic heterocycles. The summed E-state index contributed by atoms with van der Waals surface area (Å²) in [7, 11) is 0. The van der Waals surface area contributed by atoms with Crippen LogP contribution in [0.2, 0.25) is 0 Å². The van der Waals surface area contributed by atoms with Gasteiger partial charge in [-0.3, -0.25) is 0 Å². The van der Waals surface area contributed by atoms with Gasteiger partial charge in [-0.15, -0.1) is 0 Å². The fourth-order valence-electron chi connectivity index (χ4n) is 2.15. The van der Waals surface area contributed by atoms with Crippen LogP contribution in [0.5, 0.6) is 0 Å². The van der Waals surface area contributed by atoms with Gasteiger partial charge < -0.3 is 10.6 Å². The molecule has 0 amide bonds. The molecule has 1 fully saturated rings. The second kappa shape index (κ2) is 7.24. The smallest absolute Gasteiger partial charge is 0.00790 e. The van der Waals surface area contributed by atoms with Crippen LogP contribution in [0.15, 0.2) is 0 Å². The van der Waals surface area contributed by atoms with Gasteiger partial charge in [0.05, 0.1) is 0 Å². The molecule has 0 heterocycles. The molecule has 2 nitrogen and oxygen atoms in total. The minimum atomic E-state index is 0.617. The fraction of sp³-hybridized carbons (Fsp3) is 1.00. The molecule has 0 aromatic carbocycles. The van der Waals surface area contributed by atoms with Gasteiger partial charge in [-0.2, -0.15) is 0 Å². The van der Waals surface area contributed by atoms with Crippen molar-refractivity contribution in [1.82, 2.24) is 10.6 Å². The maximum atomic E-state index is 3.55. The zero-order valence-electron chi connectivity index (χ0n) is 9.81. The Balaban J connectivity index is 1.87. The van der Waals surface area contributed by atoms with Crippen LogP contribution < -0.4 is 10.6 Å². The molecule has 0 bridgehead atoms. The van der Waals surface area contributed by atoms with Crippen molar-refractivity contribution >= 4 is 0 Å². The largest absolute Gasteiger partial charge is 0.315 e. The summed E-state index contributed by atoms with van der Waals surface area (Å²) >= 11 is 0. The molecular formula is C12H26N2. The Morgan fingerprint density at radius 3 is 2.43 bits per heavy atom. The van der Waals surface area contributed by atoms with Crippen molar-refractivity contribution in [3.63, 3.8) is 0 Å². The second-order valence-corrected chi connectivity index (χ2v) is 4.82. The average Bonchev–Trinajstić information content (AvgIpc) is 2.18. The molecule has 2 N–H and O–H groups in total. The molecule has 0 saturated heterocycles. The molecule has 1 saturated carbocycles. The van der Waals surface area contributed by atoms with Crippen molar-refractivity contribution < 1.29 is 0 Å². The summed E-state index contributed by atoms with van der Waals surface area (Å²) in [5, 5.41) is 6.97. The zero-order chi connectivity index (χ0) is 10.2. The first-order valence-electron chi connectivity index (χ1n) is 6.23. The van der Waals surface area contributed by atoms with E-state index in [-0.39, 0.29) is 0 Å². The summed E-state index contributed by atoms with van der Waals surface area (Å²) in [6, 6.07) is 0.617. The van der Waals surface area contributed by atoms with Crippen LogP contribution >= 0.6 is 0 Å². The Kier molecular flexibility index (Phi) is 6.20. The van der Waals surface area contributed by atoms with Crippen LogP contribution in [0.3, 0.4) is 0 Å². The van der Waals surface area contributed by atoms with E-state index in [1.807, 2.05) is 0 Å². The molecule has 0 aromatic rings. The molecule has 1 aliphatic rings. The highest BCUT2D eigenvalue weighted by molar-refractivity contribution is 4.68. The van der Waals surface area contributed by atoms with Gasteiger partial charge in [-0.1, -0.05) is 33.1 Å². The van der Waals surface area contributed by atoms with Gasteiger partial charge in [0.2, 0.25) is 0 Å². The molecule has 0 unspecified atom stereocenters. The standard InChI is InChI=1S/C12H26N2/c1-11(2)14-9-8-13-10-12-6-4-3-5-7-12/h11-14H,3-10H2,1-2H3. The van der Waals surface area contributed by atoms with Gasteiger partial charge in [0.1, 0.15) is 0 Å². The first-order valence-corrected chi connectivity index (χ1v) is 6.23. The van der Waals surface area contributed by atoms with Crippen molar-refractivity contribution in [2.45, 2.75) is 52.0 Å². The molecular weight excluding hydrogens is 172 g/mol. The van der Waals surface area contributed by atoms with Crippen LogP contribution in [0.1, 0.15) is 46.0 Å². The van der Waals surface area contributed by atoms with Crippen LogP contribution in [-0.2, 0) is 0 Å². The van der Waals surface area contributed by atoms with E-state index in [2.05, 4.69) is 24.5 Å². The van der Waals surface area contributed by atoms with E-state index in [4.69, 9.17) is 0 Å². The topological polar surface area (TPSA) is 24.1 Å². The van der Waals surface area contributed by atoms with Crippen molar-refractivity contribution in [2.75, 3.05) is 19.6 Å². The van der Waals surface area contributed by atoms with Gasteiger partial charge in [-0.25, -0.2) is 0 Å². The van der Waals surface area contributed by atoms with Gasteiger partial charge in [0, 0.05) is 19.1 Å². The van der Waals surface area contributed by atoms with Crippen LogP contribution in [0.4, 0.5) is 0 Å². The summed E-state index contributed by atoms with van der Waals surface area (Å²) in [6.45, 7) is 7.85. The lowest BCUT2D eigenvalue weighted by molar-refractivity contribution is 0.342. The number of hydrogen-bond acceptors (Lipinski definition) is 2. The predicted octanol–water partition coefficient (Wildman–Crippen LogP) is 2.15. The minimum absolute atomic E-state index is 0.617. The van der Waals surface area contributed by atoms with E-state index >= 15 is 0 Å². The highest BCUT2D eigenvalue weighted by Gasteiger charge is 2.11. The third-order valence-electron chi connectivity index (χ3n) is 3.01. The van der Waals surface area contributed by atoms with Gasteiger partial charge in [0.15, 0.2) is 0 Å². The Morgan fingerprint density at radius 2 is 1.79 bits per heavy atom. The minimum Gasteiger partial charge on any atom is -0.315 e. The zero-order valence-corrected chi connectivity index (χ0v) is 9.81. The van der Waals surface area contributed by atoms with Gasteiger partial charge >= 0.3 is 0 Å². The summed E-state index contributed by atoms with van der Waals surface area (Å²) in [4.78, 5) is 0. The molecule has 1 aliphatic carbocycles. The van der Waals surface area contributed by atoms with Gasteiger partial charge in [0.25, 0.3) is 0 Å². The van der Waals surface area contributed by atoms with E-state index in [0.29, 0.717) is 6.04 Å². The molecule has 14 heavy (non-hydrogen) atoms. The van der Waals surface area contributed by atoms with Crippen molar-refractivity contribution in [1.29, 1.82) is 0 Å². The SMILES string of the molecule is CC(C)NCCNCC1CCCCC1. The Bertz CT molecular complexity index is 128. The third-order valence-corrected chi connectivity index (χ3v) is 3.01. The van der Waals surface area contributed by atoms with E-state index in [0.717, 1.165) is 19.0 Å². The number of nitrogens with one attached hydrogen (secondary N) is 2. The monoisotopic (exact) mass is 198 g/mol. The number of hydrogen-bond donors (Lipinski definition) is 2. The molecule has 0 spiro atoms. The lowest BCUT2D eigenvalue weighted by Gasteiger charge is -2.21. The average molecular weight is 198 g/mol. The highest BCUT2D eigenvalue weighted by Crippen LogP contribution is 2.22. The summed E-state index contributed by atoms with van der Waals surface area (Å²) in [6.07, 6.45) is 7.27. The maximum Gasteiger partial charge on any atom is 0.00790 e. The van der Waals surface area contributed by atoms with Crippen LogP contribution in [-0.4, -0.2) is 25.7 Å². The molecule has 0 aliphatic heterocycles. The van der Waals surface area contributed by atoms with E-state index in [1.165, 1.54) is 38.6 Å². The van der Waals surface area contributed by atoms with Gasteiger partial charge in [-0.05, 0) is 25.3 Å². The Hall–Kier alpha value is -0.0800. The van der Waals surface area contributed by atoms with Crippen LogP contribution in [0, 0.1) is 5.92 Å². The van der Waals surface area contributed by atoms with Crippen molar-refractivity contribution in [3.8, 4) is 0 Å². The fourth-order valence-corrected chi connectivity index (χ4v) is 2.15. The quantitative estimate of drug-likeness (QED) is 0.639. The lowest BCUT2D eigenvalue weighted by atomic mass is 9.89. The highest BCUT2D eigenvalue weighted by atomic mass is 15.0. The Morgan fingerprint density at radius 1 is 1.07 bits per heavy atom. The van der Waals surface area contributed by atoms with E-state index in [1.54, 1.807) is 0 Å². The van der Waals surface area contributed by atoms with E-state index in [9.17, 15) is 0 Å². The van der Waals surface area contributed by atoms with Crippen molar-refractivity contribution in [2.24, 2.45) is 5.92 Å². The normalized spacial score (nSPS) is 19.1. The third kappa shape index (κ3) is 5.61. The molecule has 2 heteroatoms. The van der Waals surface area contributed by atoms with Crippen molar-refractivity contribution in [3.05, 3.63) is 0 Å². The first kappa shape index (κ1) is 12.0. The van der Waals surface area contributed by atoms with E-state index < -0.39 is 0 Å². The first-order chi connectivity index (χ1) is 6.79. The predicted molar refractivity (Wildman–Crippen MR) is 62.6 cm³/mol. The lowest BCUT2D eigenvalue weighted by Crippen LogP contribution is -2.34. The maximum absolute atomic E-state index is 3.55. The number of rotatable bonds is 6.